The second-order valence-electron chi connectivity index (χ2n) is 7.38. The van der Waals surface area contributed by atoms with Gasteiger partial charge in [0.05, 0.1) is 5.56 Å². The Hall–Kier alpha value is -3.41. The molecule has 1 aromatic heterocycles. The Balaban J connectivity index is 1.45. The first-order valence-electron chi connectivity index (χ1n) is 9.72. The van der Waals surface area contributed by atoms with Crippen molar-refractivity contribution >= 4 is 34.1 Å². The number of para-hydroxylation sites is 1. The Morgan fingerprint density at radius 3 is 2.21 bits per heavy atom. The molecule has 1 amide bonds. The molecule has 6 heteroatoms. The summed E-state index contributed by atoms with van der Waals surface area (Å²) in [6.45, 7) is 5.63. The van der Waals surface area contributed by atoms with E-state index in [0.717, 1.165) is 16.6 Å². The number of fused-ring (bicyclic) bond motifs is 1. The van der Waals surface area contributed by atoms with E-state index in [9.17, 15) is 14.4 Å². The van der Waals surface area contributed by atoms with Crippen LogP contribution in [-0.2, 0) is 4.79 Å². The normalized spacial score (nSPS) is 14.3. The summed E-state index contributed by atoms with van der Waals surface area (Å²) in [6, 6.07) is 15.0. The number of ketones is 2. The first-order valence-corrected chi connectivity index (χ1v) is 9.72. The smallest absolute Gasteiger partial charge is 0.295 e. The molecule has 0 saturated carbocycles. The van der Waals surface area contributed by atoms with Crippen LogP contribution in [-0.4, -0.2) is 53.5 Å². The van der Waals surface area contributed by atoms with Crippen molar-refractivity contribution in [2.24, 2.45) is 0 Å². The lowest BCUT2D eigenvalue weighted by Gasteiger charge is -2.35. The minimum Gasteiger partial charge on any atom is -0.368 e. The van der Waals surface area contributed by atoms with Crippen LogP contribution in [0.1, 0.15) is 33.3 Å². The van der Waals surface area contributed by atoms with Crippen molar-refractivity contribution in [2.45, 2.75) is 13.8 Å². The monoisotopic (exact) mass is 389 g/mol. The molecule has 0 spiro atoms. The zero-order valence-corrected chi connectivity index (χ0v) is 16.6. The van der Waals surface area contributed by atoms with E-state index in [2.05, 4.69) is 9.88 Å². The zero-order chi connectivity index (χ0) is 20.5. The number of hydrogen-bond acceptors (Lipinski definition) is 4. The molecule has 148 valence electrons. The lowest BCUT2D eigenvalue weighted by molar-refractivity contribution is -0.126. The number of benzene rings is 2. The molecule has 0 atom stereocenters. The molecule has 0 bridgehead atoms. The maximum atomic E-state index is 12.9. The van der Waals surface area contributed by atoms with Gasteiger partial charge in [0.15, 0.2) is 5.78 Å². The van der Waals surface area contributed by atoms with Crippen molar-refractivity contribution in [3.05, 3.63) is 65.4 Å². The van der Waals surface area contributed by atoms with Gasteiger partial charge in [0, 0.05) is 54.0 Å². The van der Waals surface area contributed by atoms with Gasteiger partial charge in [-0.15, -0.1) is 0 Å². The fourth-order valence-corrected chi connectivity index (χ4v) is 3.89. The van der Waals surface area contributed by atoms with Crippen molar-refractivity contribution in [1.29, 1.82) is 0 Å². The number of H-pyrrole nitrogens is 1. The topological polar surface area (TPSA) is 73.5 Å². The summed E-state index contributed by atoms with van der Waals surface area (Å²) in [5.74, 6) is -0.873. The molecule has 1 N–H and O–H groups in total. The fourth-order valence-electron chi connectivity index (χ4n) is 3.89. The Labute approximate surface area is 169 Å². The van der Waals surface area contributed by atoms with Gasteiger partial charge in [0.2, 0.25) is 0 Å². The van der Waals surface area contributed by atoms with E-state index >= 15 is 0 Å². The molecular formula is C23H23N3O3. The highest BCUT2D eigenvalue weighted by Gasteiger charge is 2.29. The molecule has 1 fully saturated rings. The lowest BCUT2D eigenvalue weighted by Crippen LogP contribution is -2.50. The number of aromatic amines is 1. The number of rotatable bonds is 4. The summed E-state index contributed by atoms with van der Waals surface area (Å²) in [7, 11) is 0. The number of aryl methyl sites for hydroxylation is 1. The molecule has 0 aliphatic carbocycles. The summed E-state index contributed by atoms with van der Waals surface area (Å²) < 4.78 is 0. The third kappa shape index (κ3) is 3.53. The first kappa shape index (κ1) is 18.9. The number of aromatic nitrogens is 1. The molecule has 0 unspecified atom stereocenters. The van der Waals surface area contributed by atoms with Gasteiger partial charge in [-0.05, 0) is 44.2 Å². The number of nitrogens with one attached hydrogen (secondary N) is 1. The quantitative estimate of drug-likeness (QED) is 0.549. The summed E-state index contributed by atoms with van der Waals surface area (Å²) in [5.41, 5.74) is 3.74. The maximum Gasteiger partial charge on any atom is 0.295 e. The summed E-state index contributed by atoms with van der Waals surface area (Å²) in [6.07, 6.45) is 0. The van der Waals surface area contributed by atoms with Crippen molar-refractivity contribution in [3.8, 4) is 0 Å². The first-order chi connectivity index (χ1) is 14.0. The van der Waals surface area contributed by atoms with E-state index in [1.165, 1.54) is 0 Å². The van der Waals surface area contributed by atoms with Gasteiger partial charge in [0.1, 0.15) is 0 Å². The number of nitrogens with zero attached hydrogens (tertiary/aromatic N) is 2. The Bertz CT molecular complexity index is 1090. The predicted molar refractivity (Wildman–Crippen MR) is 113 cm³/mol. The largest absolute Gasteiger partial charge is 0.368 e. The number of anilines is 1. The third-order valence-corrected chi connectivity index (χ3v) is 5.52. The van der Waals surface area contributed by atoms with Gasteiger partial charge in [0.25, 0.3) is 11.7 Å². The van der Waals surface area contributed by atoms with Crippen LogP contribution in [0.2, 0.25) is 0 Å². The van der Waals surface area contributed by atoms with Crippen LogP contribution in [0.4, 0.5) is 5.69 Å². The second kappa shape index (κ2) is 7.54. The standard InChI is InChI=1S/C23H23N3O3/c1-15-21(19-5-3-4-6-20(19)24-15)22(28)23(29)26-13-11-25(12-14-26)18-9-7-17(8-10-18)16(2)27/h3-10,24H,11-14H2,1-2H3. The molecule has 1 saturated heterocycles. The summed E-state index contributed by atoms with van der Waals surface area (Å²) in [4.78, 5) is 44.2. The van der Waals surface area contributed by atoms with E-state index in [0.29, 0.717) is 43.0 Å². The highest BCUT2D eigenvalue weighted by atomic mass is 16.2. The summed E-state index contributed by atoms with van der Waals surface area (Å²) in [5, 5.41) is 0.785. The number of amides is 1. The molecule has 1 aliphatic rings. The molecule has 29 heavy (non-hydrogen) atoms. The van der Waals surface area contributed by atoms with Crippen LogP contribution in [0.5, 0.6) is 0 Å². The van der Waals surface area contributed by atoms with Crippen LogP contribution in [0, 0.1) is 6.92 Å². The molecule has 0 radical (unpaired) electrons. The summed E-state index contributed by atoms with van der Waals surface area (Å²) >= 11 is 0. The molecule has 2 heterocycles. The number of hydrogen-bond donors (Lipinski definition) is 1. The van der Waals surface area contributed by atoms with E-state index in [1.54, 1.807) is 11.8 Å². The molecule has 6 nitrogen and oxygen atoms in total. The van der Waals surface area contributed by atoms with Crippen molar-refractivity contribution in [1.82, 2.24) is 9.88 Å². The van der Waals surface area contributed by atoms with E-state index in [-0.39, 0.29) is 5.78 Å². The maximum absolute atomic E-state index is 12.9. The highest BCUT2D eigenvalue weighted by Crippen LogP contribution is 2.24. The van der Waals surface area contributed by atoms with Gasteiger partial charge in [-0.2, -0.15) is 0 Å². The third-order valence-electron chi connectivity index (χ3n) is 5.52. The van der Waals surface area contributed by atoms with Crippen LogP contribution < -0.4 is 4.90 Å². The van der Waals surface area contributed by atoms with E-state index in [1.807, 2.05) is 55.5 Å². The van der Waals surface area contributed by atoms with Gasteiger partial charge in [-0.3, -0.25) is 14.4 Å². The van der Waals surface area contributed by atoms with Crippen molar-refractivity contribution in [2.75, 3.05) is 31.1 Å². The zero-order valence-electron chi connectivity index (χ0n) is 16.6. The molecular weight excluding hydrogens is 366 g/mol. The van der Waals surface area contributed by atoms with E-state index in [4.69, 9.17) is 0 Å². The van der Waals surface area contributed by atoms with Crippen LogP contribution in [0.25, 0.3) is 10.9 Å². The van der Waals surface area contributed by atoms with Gasteiger partial charge >= 0.3 is 0 Å². The Morgan fingerprint density at radius 1 is 0.897 bits per heavy atom. The van der Waals surface area contributed by atoms with Crippen LogP contribution >= 0.6 is 0 Å². The molecule has 4 rings (SSSR count). The number of Topliss-reactive ketones (excluding diaryl/α,β-unsaturated/α-hetero) is 2. The van der Waals surface area contributed by atoms with Crippen LogP contribution in [0.3, 0.4) is 0 Å². The molecule has 2 aromatic carbocycles. The van der Waals surface area contributed by atoms with Gasteiger partial charge in [-0.25, -0.2) is 0 Å². The SMILES string of the molecule is CC(=O)c1ccc(N2CCN(C(=O)C(=O)c3c(C)[nH]c4ccccc34)CC2)cc1. The minimum atomic E-state index is -0.459. The molecule has 1 aliphatic heterocycles. The van der Waals surface area contributed by atoms with Gasteiger partial charge < -0.3 is 14.8 Å². The van der Waals surface area contributed by atoms with Crippen molar-refractivity contribution < 1.29 is 14.4 Å². The highest BCUT2D eigenvalue weighted by molar-refractivity contribution is 6.45. The Kier molecular flexibility index (Phi) is 4.92. The van der Waals surface area contributed by atoms with Gasteiger partial charge in [-0.1, -0.05) is 18.2 Å². The minimum absolute atomic E-state index is 0.0399. The molecule has 3 aromatic rings. The van der Waals surface area contributed by atoms with Crippen LogP contribution in [0.15, 0.2) is 48.5 Å². The predicted octanol–water partition coefficient (Wildman–Crippen LogP) is 3.21. The number of carbonyl (C=O) groups is 3. The average Bonchev–Trinajstić information content (AvgIpc) is 3.08. The fraction of sp³-hybridized carbons (Fsp3) is 0.261. The average molecular weight is 389 g/mol. The number of piperazine rings is 1. The van der Waals surface area contributed by atoms with Crippen molar-refractivity contribution in [3.63, 3.8) is 0 Å². The number of carbonyl (C=O) groups excluding carboxylic acids is 3. The lowest BCUT2D eigenvalue weighted by atomic mass is 10.1. The van der Waals surface area contributed by atoms with E-state index < -0.39 is 11.7 Å². The Morgan fingerprint density at radius 2 is 1.55 bits per heavy atom. The second-order valence-corrected chi connectivity index (χ2v) is 7.38.